The van der Waals surface area contributed by atoms with Crippen molar-refractivity contribution in [3.63, 3.8) is 0 Å². The Morgan fingerprint density at radius 2 is 1.84 bits per heavy atom. The van der Waals surface area contributed by atoms with E-state index in [-0.39, 0.29) is 12.0 Å². The first-order valence-electron chi connectivity index (χ1n) is 6.06. The molecule has 19 heavy (non-hydrogen) atoms. The third-order valence-corrected chi connectivity index (χ3v) is 3.09. The quantitative estimate of drug-likeness (QED) is 0.895. The van der Waals surface area contributed by atoms with E-state index in [9.17, 15) is 4.39 Å². The maximum absolute atomic E-state index is 12.9. The van der Waals surface area contributed by atoms with Gasteiger partial charge in [0.25, 0.3) is 0 Å². The summed E-state index contributed by atoms with van der Waals surface area (Å²) in [5, 5.41) is 0. The fraction of sp³-hybridized carbons (Fsp3) is 0.133. The number of hydrogen-bond donors (Lipinski definition) is 1. The van der Waals surface area contributed by atoms with E-state index in [1.807, 2.05) is 31.2 Å². The number of rotatable bonds is 2. The van der Waals surface area contributed by atoms with E-state index in [0.717, 1.165) is 16.7 Å². The van der Waals surface area contributed by atoms with E-state index >= 15 is 0 Å². The second kappa shape index (κ2) is 4.82. The molecular weight excluding hydrogens is 243 g/mol. The normalized spacial score (nSPS) is 18.0. The fourth-order valence-corrected chi connectivity index (χ4v) is 2.03. The molecule has 0 bridgehead atoms. The van der Waals surface area contributed by atoms with Crippen molar-refractivity contribution in [2.24, 2.45) is 4.99 Å². The maximum Gasteiger partial charge on any atom is 0.242 e. The summed E-state index contributed by atoms with van der Waals surface area (Å²) in [5.41, 5.74) is 5.85. The Hall–Kier alpha value is -2.20. The van der Waals surface area contributed by atoms with Gasteiger partial charge < -0.3 is 4.84 Å². The van der Waals surface area contributed by atoms with Crippen LogP contribution in [-0.2, 0) is 4.84 Å². The Balaban J connectivity index is 1.89. The van der Waals surface area contributed by atoms with Gasteiger partial charge in [-0.05, 0) is 42.3 Å². The average molecular weight is 256 g/mol. The standard InChI is InChI=1S/C15H13FN2O/c1-10-4-2-3-5-13(10)14-17-15(19-18-14)11-6-8-12(16)9-7-11/h2-9,14,18H,1H3. The minimum Gasteiger partial charge on any atom is -0.386 e. The number of aliphatic imine (C=N–C) groups is 1. The average Bonchev–Trinajstić information content (AvgIpc) is 2.89. The number of nitrogens with zero attached hydrogens (tertiary/aromatic N) is 1. The molecule has 3 nitrogen and oxygen atoms in total. The molecule has 0 amide bonds. The summed E-state index contributed by atoms with van der Waals surface area (Å²) in [6.07, 6.45) is -0.221. The highest BCUT2D eigenvalue weighted by molar-refractivity contribution is 5.94. The number of aryl methyl sites for hydroxylation is 1. The van der Waals surface area contributed by atoms with E-state index < -0.39 is 0 Å². The molecule has 0 spiro atoms. The van der Waals surface area contributed by atoms with Crippen molar-refractivity contribution in [3.8, 4) is 0 Å². The van der Waals surface area contributed by atoms with Gasteiger partial charge in [-0.3, -0.25) is 0 Å². The molecule has 2 aromatic rings. The largest absolute Gasteiger partial charge is 0.386 e. The molecule has 0 aliphatic carbocycles. The van der Waals surface area contributed by atoms with Gasteiger partial charge in [-0.15, -0.1) is 5.48 Å². The third-order valence-electron chi connectivity index (χ3n) is 3.09. The molecule has 0 fully saturated rings. The van der Waals surface area contributed by atoms with Crippen LogP contribution < -0.4 is 5.48 Å². The van der Waals surface area contributed by atoms with Crippen LogP contribution in [0.4, 0.5) is 4.39 Å². The molecule has 1 heterocycles. The van der Waals surface area contributed by atoms with Crippen molar-refractivity contribution in [3.05, 3.63) is 71.0 Å². The molecule has 0 radical (unpaired) electrons. The Bertz CT molecular complexity index is 622. The Morgan fingerprint density at radius 1 is 1.11 bits per heavy atom. The zero-order valence-electron chi connectivity index (χ0n) is 10.4. The predicted molar refractivity (Wildman–Crippen MR) is 71.1 cm³/mol. The van der Waals surface area contributed by atoms with Gasteiger partial charge in [-0.25, -0.2) is 9.38 Å². The van der Waals surface area contributed by atoms with E-state index in [1.54, 1.807) is 12.1 Å². The topological polar surface area (TPSA) is 33.6 Å². The summed E-state index contributed by atoms with van der Waals surface area (Å²) in [6, 6.07) is 14.1. The second-order valence-corrected chi connectivity index (χ2v) is 4.42. The smallest absolute Gasteiger partial charge is 0.242 e. The minimum atomic E-state index is -0.272. The van der Waals surface area contributed by atoms with Gasteiger partial charge in [-0.2, -0.15) is 0 Å². The maximum atomic E-state index is 12.9. The molecule has 1 N–H and O–H groups in total. The van der Waals surface area contributed by atoms with E-state index in [2.05, 4.69) is 10.5 Å². The fourth-order valence-electron chi connectivity index (χ4n) is 2.03. The van der Waals surface area contributed by atoms with Crippen LogP contribution in [0.15, 0.2) is 53.5 Å². The lowest BCUT2D eigenvalue weighted by Crippen LogP contribution is -2.15. The van der Waals surface area contributed by atoms with Crippen LogP contribution in [0.3, 0.4) is 0 Å². The first kappa shape index (κ1) is 11.9. The van der Waals surface area contributed by atoms with Crippen LogP contribution >= 0.6 is 0 Å². The zero-order chi connectivity index (χ0) is 13.2. The summed E-state index contributed by atoms with van der Waals surface area (Å²) < 4.78 is 12.9. The van der Waals surface area contributed by atoms with Crippen molar-refractivity contribution < 1.29 is 9.23 Å². The molecule has 1 aliphatic rings. The van der Waals surface area contributed by atoms with Gasteiger partial charge >= 0.3 is 0 Å². The van der Waals surface area contributed by atoms with Crippen LogP contribution in [0.5, 0.6) is 0 Å². The zero-order valence-corrected chi connectivity index (χ0v) is 10.4. The molecule has 0 saturated carbocycles. The van der Waals surface area contributed by atoms with Gasteiger partial charge in [0.15, 0.2) is 6.17 Å². The van der Waals surface area contributed by atoms with Gasteiger partial charge in [0.2, 0.25) is 5.90 Å². The molecule has 2 aromatic carbocycles. The van der Waals surface area contributed by atoms with Crippen LogP contribution in [0.2, 0.25) is 0 Å². The van der Waals surface area contributed by atoms with E-state index in [0.29, 0.717) is 5.90 Å². The summed E-state index contributed by atoms with van der Waals surface area (Å²) >= 11 is 0. The Morgan fingerprint density at radius 3 is 2.58 bits per heavy atom. The molecule has 0 saturated heterocycles. The predicted octanol–water partition coefficient (Wildman–Crippen LogP) is 3.11. The molecule has 4 heteroatoms. The first-order valence-corrected chi connectivity index (χ1v) is 6.06. The highest BCUT2D eigenvalue weighted by Crippen LogP contribution is 2.23. The molecule has 1 aliphatic heterocycles. The van der Waals surface area contributed by atoms with Gasteiger partial charge in [0.05, 0.1) is 0 Å². The lowest BCUT2D eigenvalue weighted by molar-refractivity contribution is 0.180. The molecule has 3 rings (SSSR count). The number of hydroxylamine groups is 1. The number of benzene rings is 2. The SMILES string of the molecule is Cc1ccccc1C1N=C(c2ccc(F)cc2)ON1. The van der Waals surface area contributed by atoms with Crippen molar-refractivity contribution in [2.45, 2.75) is 13.1 Å². The second-order valence-electron chi connectivity index (χ2n) is 4.42. The van der Waals surface area contributed by atoms with E-state index in [4.69, 9.17) is 4.84 Å². The number of halogens is 1. The van der Waals surface area contributed by atoms with Crippen LogP contribution in [0, 0.1) is 12.7 Å². The molecular formula is C15H13FN2O. The Labute approximate surface area is 110 Å². The summed E-state index contributed by atoms with van der Waals surface area (Å²) in [6.45, 7) is 2.03. The lowest BCUT2D eigenvalue weighted by atomic mass is 10.1. The highest BCUT2D eigenvalue weighted by Gasteiger charge is 2.22. The van der Waals surface area contributed by atoms with Crippen LogP contribution in [0.25, 0.3) is 0 Å². The first-order chi connectivity index (χ1) is 9.24. The number of hydrogen-bond acceptors (Lipinski definition) is 3. The summed E-state index contributed by atoms with van der Waals surface area (Å²) in [7, 11) is 0. The van der Waals surface area contributed by atoms with Gasteiger partial charge in [-0.1, -0.05) is 24.3 Å². The van der Waals surface area contributed by atoms with Crippen LogP contribution in [0.1, 0.15) is 22.9 Å². The van der Waals surface area contributed by atoms with E-state index in [1.165, 1.54) is 12.1 Å². The molecule has 96 valence electrons. The number of nitrogens with one attached hydrogen (secondary N) is 1. The van der Waals surface area contributed by atoms with Crippen molar-refractivity contribution >= 4 is 5.90 Å². The monoisotopic (exact) mass is 256 g/mol. The summed E-state index contributed by atoms with van der Waals surface area (Å²) in [4.78, 5) is 9.86. The minimum absolute atomic E-state index is 0.221. The van der Waals surface area contributed by atoms with Crippen molar-refractivity contribution in [1.29, 1.82) is 0 Å². The van der Waals surface area contributed by atoms with Gasteiger partial charge in [0.1, 0.15) is 5.82 Å². The Kier molecular flexibility index (Phi) is 3.01. The molecule has 1 unspecified atom stereocenters. The third kappa shape index (κ3) is 2.35. The van der Waals surface area contributed by atoms with Crippen molar-refractivity contribution in [2.75, 3.05) is 0 Å². The summed E-state index contributed by atoms with van der Waals surface area (Å²) in [5.74, 6) is 0.207. The van der Waals surface area contributed by atoms with Crippen LogP contribution in [-0.4, -0.2) is 5.90 Å². The molecule has 0 aromatic heterocycles. The molecule has 1 atom stereocenters. The van der Waals surface area contributed by atoms with Crippen molar-refractivity contribution in [1.82, 2.24) is 5.48 Å². The van der Waals surface area contributed by atoms with Gasteiger partial charge in [0, 0.05) is 5.56 Å². The lowest BCUT2D eigenvalue weighted by Gasteiger charge is -2.08. The highest BCUT2D eigenvalue weighted by atomic mass is 19.1.